The lowest BCUT2D eigenvalue weighted by molar-refractivity contribution is 0.728. The van der Waals surface area contributed by atoms with Crippen molar-refractivity contribution in [2.45, 2.75) is 78.6 Å². The maximum Gasteiger partial charge on any atom is 0.238 e. The number of allylic oxidation sites excluding steroid dienone is 16. The van der Waals surface area contributed by atoms with Crippen LogP contribution < -0.4 is 10.4 Å². The van der Waals surface area contributed by atoms with Gasteiger partial charge in [0.1, 0.15) is 0 Å². The monoisotopic (exact) mass is 678 g/mol. The molecule has 0 radical (unpaired) electrons. The first-order valence-corrected chi connectivity index (χ1v) is 19.4. The van der Waals surface area contributed by atoms with Gasteiger partial charge in [-0.15, -0.1) is 6.58 Å². The predicted octanol–water partition coefficient (Wildman–Crippen LogP) is 11.8. The van der Waals surface area contributed by atoms with Crippen molar-refractivity contribution < 1.29 is 0 Å². The molecule has 3 aliphatic carbocycles. The van der Waals surface area contributed by atoms with Gasteiger partial charge in [0.2, 0.25) is 6.71 Å². The quantitative estimate of drug-likeness (QED) is 0.132. The number of rotatable bonds is 12. The average molecular weight is 679 g/mol. The molecule has 0 saturated heterocycles. The first-order valence-electron chi connectivity index (χ1n) is 19.4. The van der Waals surface area contributed by atoms with Crippen molar-refractivity contribution in [2.24, 2.45) is 5.92 Å². The van der Waals surface area contributed by atoms with Crippen LogP contribution in [0.25, 0.3) is 11.5 Å². The van der Waals surface area contributed by atoms with E-state index in [2.05, 4.69) is 174 Å². The second kappa shape index (κ2) is 17.6. The first-order chi connectivity index (χ1) is 25.4. The largest absolute Gasteiger partial charge is 0.238 e. The van der Waals surface area contributed by atoms with Gasteiger partial charge in [0.25, 0.3) is 0 Å². The van der Waals surface area contributed by atoms with Gasteiger partial charge in [0.05, 0.1) is 0 Å². The summed E-state index contributed by atoms with van der Waals surface area (Å²) in [5.74, 6) is 0.631. The van der Waals surface area contributed by atoms with Crippen LogP contribution in [0.15, 0.2) is 186 Å². The zero-order chi connectivity index (χ0) is 36.5. The van der Waals surface area contributed by atoms with E-state index in [4.69, 9.17) is 6.58 Å². The molecule has 0 heterocycles. The van der Waals surface area contributed by atoms with E-state index in [1.807, 2.05) is 0 Å². The predicted molar refractivity (Wildman–Crippen MR) is 229 cm³/mol. The highest BCUT2D eigenvalue weighted by Gasteiger charge is 2.34. The second-order valence-corrected chi connectivity index (χ2v) is 14.8. The maximum atomic E-state index is 5.07. The highest BCUT2D eigenvalue weighted by atomic mass is 14.3. The molecule has 0 bridgehead atoms. The Morgan fingerprint density at radius 1 is 0.942 bits per heavy atom. The zero-order valence-corrected chi connectivity index (χ0v) is 31.9. The highest BCUT2D eigenvalue weighted by molar-refractivity contribution is 6.90. The van der Waals surface area contributed by atoms with Gasteiger partial charge in [-0.3, -0.25) is 0 Å². The van der Waals surface area contributed by atoms with Crippen LogP contribution in [0.3, 0.4) is 0 Å². The fraction of sp³-hybridized carbons (Fsp3) is 0.255. The van der Waals surface area contributed by atoms with Gasteiger partial charge in [-0.2, -0.15) is 0 Å². The Balaban J connectivity index is 1.57. The van der Waals surface area contributed by atoms with E-state index in [1.165, 1.54) is 65.9 Å². The molecule has 3 aliphatic rings. The fourth-order valence-electron chi connectivity index (χ4n) is 8.50. The standard InChI is InChI=1S/C51H55B/c1-7-37(3)50(47-29-19-16-22-38(47)4)52(51-39(5)32-33-43-27-17-21-31-49(43)51)40(6)34-45(36-42-25-14-11-15-26-42)46(8-2)48-30-20-18-28-44(48)35-41-23-12-9-10-13-24-41/h7,9-15,17-21,23,25-31,33-34,39,46H,4,6,8,16,22,24,32,35-36H2,1-3,5H3/b37-7-,45-34-,50-47+. The molecule has 52 heavy (non-hydrogen) atoms. The summed E-state index contributed by atoms with van der Waals surface area (Å²) in [4.78, 5) is 0. The summed E-state index contributed by atoms with van der Waals surface area (Å²) in [5, 5.41) is 2.69. The van der Waals surface area contributed by atoms with E-state index in [9.17, 15) is 0 Å². The highest BCUT2D eigenvalue weighted by Crippen LogP contribution is 2.40. The third-order valence-electron chi connectivity index (χ3n) is 11.3. The molecule has 0 aromatic heterocycles. The number of hydrogen-bond acceptors (Lipinski definition) is 0. The van der Waals surface area contributed by atoms with Gasteiger partial charge in [-0.1, -0.05) is 193 Å². The van der Waals surface area contributed by atoms with Crippen molar-refractivity contribution in [1.29, 1.82) is 0 Å². The Labute approximate surface area is 314 Å². The lowest BCUT2D eigenvalue weighted by atomic mass is 9.31. The third kappa shape index (κ3) is 8.42. The summed E-state index contributed by atoms with van der Waals surface area (Å²) in [6.45, 7) is 19.0. The molecule has 0 aliphatic heterocycles. The Morgan fingerprint density at radius 3 is 2.50 bits per heavy atom. The number of fused-ring (bicyclic) bond motifs is 1. The second-order valence-electron chi connectivity index (χ2n) is 14.8. The van der Waals surface area contributed by atoms with Crippen LogP contribution in [0, 0.1) is 5.92 Å². The van der Waals surface area contributed by atoms with Crippen molar-refractivity contribution in [3.05, 3.63) is 213 Å². The van der Waals surface area contributed by atoms with Crippen molar-refractivity contribution >= 4 is 18.3 Å². The molecule has 2 unspecified atom stereocenters. The lowest BCUT2D eigenvalue weighted by Crippen LogP contribution is -2.40. The van der Waals surface area contributed by atoms with Crippen molar-refractivity contribution in [3.8, 4) is 0 Å². The molecule has 0 fully saturated rings. The van der Waals surface area contributed by atoms with Gasteiger partial charge in [-0.05, 0) is 103 Å². The molecule has 262 valence electrons. The maximum absolute atomic E-state index is 5.07. The summed E-state index contributed by atoms with van der Waals surface area (Å²) < 4.78 is 0. The van der Waals surface area contributed by atoms with Gasteiger partial charge in [-0.25, -0.2) is 0 Å². The Morgan fingerprint density at radius 2 is 1.71 bits per heavy atom. The van der Waals surface area contributed by atoms with Crippen LogP contribution in [0.1, 0.15) is 82.4 Å². The van der Waals surface area contributed by atoms with Crippen LogP contribution in [0.2, 0.25) is 0 Å². The van der Waals surface area contributed by atoms with E-state index in [0.717, 1.165) is 50.4 Å². The number of hydrogen-bond donors (Lipinski definition) is 0. The minimum Gasteiger partial charge on any atom is -0.104 e. The third-order valence-corrected chi connectivity index (χ3v) is 11.3. The summed E-state index contributed by atoms with van der Waals surface area (Å²) in [7, 11) is 0. The first kappa shape index (κ1) is 36.9. The van der Waals surface area contributed by atoms with Crippen LogP contribution in [0.5, 0.6) is 0 Å². The Bertz CT molecular complexity index is 2140. The normalized spacial score (nSPS) is 19.0. The van der Waals surface area contributed by atoms with Gasteiger partial charge >= 0.3 is 0 Å². The SMILES string of the molecule is C=C(/C=C(/Cc1ccccc1)C(CC)c1ccccc1CC1=CC=CC=CC1)B(C1=c2ccccc2=CCC1C)C(/C(C)=C\C)=C1\C=CCCC1=C. The smallest absolute Gasteiger partial charge is 0.104 e. The summed E-state index contributed by atoms with van der Waals surface area (Å²) in [6, 6.07) is 29.2. The van der Waals surface area contributed by atoms with E-state index >= 15 is 0 Å². The van der Waals surface area contributed by atoms with E-state index in [-0.39, 0.29) is 12.6 Å². The molecule has 0 N–H and O–H groups in total. The van der Waals surface area contributed by atoms with Crippen molar-refractivity contribution in [1.82, 2.24) is 0 Å². The lowest BCUT2D eigenvalue weighted by Gasteiger charge is -2.32. The van der Waals surface area contributed by atoms with Gasteiger partial charge < -0.3 is 0 Å². The topological polar surface area (TPSA) is 0 Å². The van der Waals surface area contributed by atoms with Gasteiger partial charge in [0.15, 0.2) is 0 Å². The van der Waals surface area contributed by atoms with Crippen molar-refractivity contribution in [2.75, 3.05) is 0 Å². The Hall–Kier alpha value is -4.88. The zero-order valence-electron chi connectivity index (χ0n) is 31.9. The molecule has 2 atom stereocenters. The molecule has 0 spiro atoms. The molecule has 3 aromatic carbocycles. The fourth-order valence-corrected chi connectivity index (χ4v) is 8.50. The summed E-state index contributed by atoms with van der Waals surface area (Å²) in [5.41, 5.74) is 14.9. The van der Waals surface area contributed by atoms with E-state index in [1.54, 1.807) is 0 Å². The molecule has 6 rings (SSSR count). The van der Waals surface area contributed by atoms with Crippen LogP contribution in [-0.4, -0.2) is 6.71 Å². The van der Waals surface area contributed by atoms with Crippen LogP contribution in [-0.2, 0) is 12.8 Å². The minimum absolute atomic E-state index is 0.0174. The van der Waals surface area contributed by atoms with Crippen LogP contribution >= 0.6 is 0 Å². The molecule has 0 nitrogen and oxygen atoms in total. The van der Waals surface area contributed by atoms with Crippen LogP contribution in [0.4, 0.5) is 0 Å². The molecule has 1 heteroatoms. The molecule has 0 saturated carbocycles. The van der Waals surface area contributed by atoms with Crippen molar-refractivity contribution in [3.63, 3.8) is 0 Å². The summed E-state index contributed by atoms with van der Waals surface area (Å²) >= 11 is 0. The molecule has 3 aromatic rings. The number of benzene rings is 3. The van der Waals surface area contributed by atoms with Gasteiger partial charge in [0, 0.05) is 5.92 Å². The average Bonchev–Trinajstić information content (AvgIpc) is 3.44. The minimum atomic E-state index is 0.0174. The Kier molecular flexibility index (Phi) is 12.5. The molecular weight excluding hydrogens is 623 g/mol. The van der Waals surface area contributed by atoms with E-state index in [0.29, 0.717) is 5.92 Å². The van der Waals surface area contributed by atoms with E-state index < -0.39 is 0 Å². The summed E-state index contributed by atoms with van der Waals surface area (Å²) in [6.07, 6.45) is 29.8. The molecular formula is C51H55B. The molecule has 0 amide bonds.